The molecule has 0 aliphatic rings. The number of hydrogen-bond donors (Lipinski definition) is 1. The van der Waals surface area contributed by atoms with Crippen LogP contribution >= 0.6 is 0 Å². The van der Waals surface area contributed by atoms with Gasteiger partial charge < -0.3 is 14.8 Å². The summed E-state index contributed by atoms with van der Waals surface area (Å²) in [6, 6.07) is 13.2. The van der Waals surface area contributed by atoms with Crippen LogP contribution in [0.3, 0.4) is 0 Å². The maximum atomic E-state index is 12.5. The second kappa shape index (κ2) is 7.86. The predicted octanol–water partition coefficient (Wildman–Crippen LogP) is 4.28. The van der Waals surface area contributed by atoms with Crippen molar-refractivity contribution in [2.24, 2.45) is 0 Å². The molecule has 1 N–H and O–H groups in total. The highest BCUT2D eigenvalue weighted by atomic mass is 16.5. The molecule has 1 unspecified atom stereocenters. The Morgan fingerprint density at radius 3 is 2.38 bits per heavy atom. The van der Waals surface area contributed by atoms with Gasteiger partial charge in [-0.15, -0.1) is 0 Å². The number of carbonyl (C=O) groups is 1. The molecule has 1 atom stereocenters. The number of methoxy groups -OCH3 is 1. The number of nitrogens with one attached hydrogen (secondary N) is 1. The van der Waals surface area contributed by atoms with Crippen molar-refractivity contribution in [3.05, 3.63) is 59.2 Å². The van der Waals surface area contributed by atoms with Crippen LogP contribution in [0.5, 0.6) is 11.5 Å². The normalized spacial score (nSPS) is 11.9. The molecular formula is C20H25NO3. The van der Waals surface area contributed by atoms with Gasteiger partial charge in [0.15, 0.2) is 11.5 Å². The van der Waals surface area contributed by atoms with Crippen LogP contribution in [0.4, 0.5) is 0 Å². The van der Waals surface area contributed by atoms with Crippen molar-refractivity contribution in [1.82, 2.24) is 5.32 Å². The number of amides is 1. The van der Waals surface area contributed by atoms with E-state index in [1.807, 2.05) is 52.0 Å². The molecule has 4 nitrogen and oxygen atoms in total. The lowest BCUT2D eigenvalue weighted by molar-refractivity contribution is 0.0939. The van der Waals surface area contributed by atoms with Crippen LogP contribution in [-0.4, -0.2) is 19.1 Å². The Bertz CT molecular complexity index is 710. The molecule has 0 fully saturated rings. The van der Waals surface area contributed by atoms with Gasteiger partial charge in [-0.05, 0) is 57.0 Å². The van der Waals surface area contributed by atoms with Gasteiger partial charge in [0.1, 0.15) is 0 Å². The minimum atomic E-state index is -0.139. The van der Waals surface area contributed by atoms with Gasteiger partial charge in [0, 0.05) is 5.56 Å². The van der Waals surface area contributed by atoms with Crippen molar-refractivity contribution >= 4 is 5.91 Å². The highest BCUT2D eigenvalue weighted by Crippen LogP contribution is 2.29. The van der Waals surface area contributed by atoms with E-state index in [4.69, 9.17) is 9.47 Å². The van der Waals surface area contributed by atoms with Gasteiger partial charge in [-0.2, -0.15) is 0 Å². The summed E-state index contributed by atoms with van der Waals surface area (Å²) in [5.41, 5.74) is 2.81. The zero-order valence-electron chi connectivity index (χ0n) is 14.9. The van der Waals surface area contributed by atoms with Crippen molar-refractivity contribution in [3.63, 3.8) is 0 Å². The SMILES string of the molecule is COc1cc(C(=O)NC(C)c2ccccc2C)ccc1OC(C)C. The molecule has 0 spiro atoms. The summed E-state index contributed by atoms with van der Waals surface area (Å²) in [4.78, 5) is 12.5. The first-order valence-corrected chi connectivity index (χ1v) is 8.13. The third kappa shape index (κ3) is 4.28. The summed E-state index contributed by atoms with van der Waals surface area (Å²) >= 11 is 0. The van der Waals surface area contributed by atoms with Crippen molar-refractivity contribution in [3.8, 4) is 11.5 Å². The standard InChI is InChI=1S/C20H25NO3/c1-13(2)24-18-11-10-16(12-19(18)23-5)20(22)21-15(4)17-9-7-6-8-14(17)3/h6-13,15H,1-5H3,(H,21,22). The first-order valence-electron chi connectivity index (χ1n) is 8.13. The topological polar surface area (TPSA) is 47.6 Å². The van der Waals surface area contributed by atoms with Crippen molar-refractivity contribution in [2.45, 2.75) is 39.8 Å². The monoisotopic (exact) mass is 327 g/mol. The van der Waals surface area contributed by atoms with Crippen LogP contribution in [-0.2, 0) is 0 Å². The summed E-state index contributed by atoms with van der Waals surface area (Å²) in [7, 11) is 1.57. The molecule has 1 amide bonds. The Kier molecular flexibility index (Phi) is 5.85. The Morgan fingerprint density at radius 1 is 1.04 bits per heavy atom. The molecule has 0 saturated carbocycles. The summed E-state index contributed by atoms with van der Waals surface area (Å²) in [5.74, 6) is 1.05. The minimum absolute atomic E-state index is 0.0413. The molecule has 2 aromatic rings. The van der Waals surface area contributed by atoms with E-state index >= 15 is 0 Å². The molecule has 4 heteroatoms. The molecular weight excluding hydrogens is 302 g/mol. The molecule has 2 aromatic carbocycles. The van der Waals surface area contributed by atoms with Gasteiger partial charge in [-0.1, -0.05) is 24.3 Å². The van der Waals surface area contributed by atoms with E-state index < -0.39 is 0 Å². The number of hydrogen-bond acceptors (Lipinski definition) is 3. The Balaban J connectivity index is 2.16. The van der Waals surface area contributed by atoms with E-state index in [2.05, 4.69) is 5.32 Å². The van der Waals surface area contributed by atoms with E-state index in [1.54, 1.807) is 25.3 Å². The minimum Gasteiger partial charge on any atom is -0.493 e. The first-order chi connectivity index (χ1) is 11.4. The van der Waals surface area contributed by atoms with Crippen LogP contribution in [0.15, 0.2) is 42.5 Å². The number of ether oxygens (including phenoxy) is 2. The lowest BCUT2D eigenvalue weighted by Gasteiger charge is -2.18. The van der Waals surface area contributed by atoms with E-state index in [9.17, 15) is 4.79 Å². The second-order valence-electron chi connectivity index (χ2n) is 6.08. The summed E-state index contributed by atoms with van der Waals surface area (Å²) in [5, 5.41) is 3.03. The molecule has 0 radical (unpaired) electrons. The van der Waals surface area contributed by atoms with Crippen LogP contribution in [0.2, 0.25) is 0 Å². The van der Waals surface area contributed by atoms with Crippen LogP contribution in [0.25, 0.3) is 0 Å². The van der Waals surface area contributed by atoms with Crippen molar-refractivity contribution in [2.75, 3.05) is 7.11 Å². The third-order valence-electron chi connectivity index (χ3n) is 3.79. The average molecular weight is 327 g/mol. The Hall–Kier alpha value is -2.49. The Labute approximate surface area is 143 Å². The molecule has 24 heavy (non-hydrogen) atoms. The van der Waals surface area contributed by atoms with Gasteiger partial charge in [-0.3, -0.25) is 4.79 Å². The number of carbonyl (C=O) groups excluding carboxylic acids is 1. The second-order valence-corrected chi connectivity index (χ2v) is 6.08. The van der Waals surface area contributed by atoms with Gasteiger partial charge >= 0.3 is 0 Å². The van der Waals surface area contributed by atoms with E-state index in [0.717, 1.165) is 11.1 Å². The molecule has 0 bridgehead atoms. The summed E-state index contributed by atoms with van der Waals surface area (Å²) in [6.45, 7) is 7.92. The zero-order valence-corrected chi connectivity index (χ0v) is 14.9. The highest BCUT2D eigenvalue weighted by molar-refractivity contribution is 5.95. The van der Waals surface area contributed by atoms with E-state index in [0.29, 0.717) is 17.1 Å². The van der Waals surface area contributed by atoms with Gasteiger partial charge in [0.2, 0.25) is 0 Å². The largest absolute Gasteiger partial charge is 0.493 e. The third-order valence-corrected chi connectivity index (χ3v) is 3.79. The molecule has 0 aliphatic heterocycles. The molecule has 0 heterocycles. The maximum Gasteiger partial charge on any atom is 0.251 e. The molecule has 0 saturated heterocycles. The first kappa shape index (κ1) is 17.9. The number of aryl methyl sites for hydroxylation is 1. The van der Waals surface area contributed by atoms with Crippen LogP contribution in [0.1, 0.15) is 48.3 Å². The van der Waals surface area contributed by atoms with Gasteiger partial charge in [0.25, 0.3) is 5.91 Å². The lowest BCUT2D eigenvalue weighted by Crippen LogP contribution is -2.27. The number of rotatable bonds is 6. The Morgan fingerprint density at radius 2 is 1.75 bits per heavy atom. The lowest BCUT2D eigenvalue weighted by atomic mass is 10.0. The smallest absolute Gasteiger partial charge is 0.251 e. The quantitative estimate of drug-likeness (QED) is 0.861. The fourth-order valence-electron chi connectivity index (χ4n) is 2.59. The highest BCUT2D eigenvalue weighted by Gasteiger charge is 2.15. The summed E-state index contributed by atoms with van der Waals surface area (Å²) < 4.78 is 11.0. The molecule has 128 valence electrons. The zero-order chi connectivity index (χ0) is 17.7. The molecule has 0 aromatic heterocycles. The molecule has 0 aliphatic carbocycles. The van der Waals surface area contributed by atoms with Gasteiger partial charge in [-0.25, -0.2) is 0 Å². The van der Waals surface area contributed by atoms with Crippen molar-refractivity contribution < 1.29 is 14.3 Å². The van der Waals surface area contributed by atoms with Crippen molar-refractivity contribution in [1.29, 1.82) is 0 Å². The molecule has 2 rings (SSSR count). The van der Waals surface area contributed by atoms with E-state index in [-0.39, 0.29) is 18.1 Å². The summed E-state index contributed by atoms with van der Waals surface area (Å²) in [6.07, 6.45) is 0.0413. The van der Waals surface area contributed by atoms with E-state index in [1.165, 1.54) is 0 Å². The fourth-order valence-corrected chi connectivity index (χ4v) is 2.59. The van der Waals surface area contributed by atoms with Gasteiger partial charge in [0.05, 0.1) is 19.3 Å². The predicted molar refractivity (Wildman–Crippen MR) is 95.8 cm³/mol. The fraction of sp³-hybridized carbons (Fsp3) is 0.350. The van der Waals surface area contributed by atoms with Crippen LogP contribution in [0, 0.1) is 6.92 Å². The van der Waals surface area contributed by atoms with Crippen LogP contribution < -0.4 is 14.8 Å². The maximum absolute atomic E-state index is 12.5. The average Bonchev–Trinajstić information content (AvgIpc) is 2.54. The number of benzene rings is 2.